The van der Waals surface area contributed by atoms with Crippen molar-refractivity contribution in [3.63, 3.8) is 0 Å². The Morgan fingerprint density at radius 2 is 2.33 bits per heavy atom. The molecular weight excluding hydrogens is 143 g/mol. The van der Waals surface area contributed by atoms with Gasteiger partial charge in [-0.1, -0.05) is 0 Å². The number of carbonyl (C=O) groups is 1. The zero-order valence-electron chi connectivity index (χ0n) is 5.09. The van der Waals surface area contributed by atoms with Crippen molar-refractivity contribution >= 4 is 14.0 Å². The second-order valence-electron chi connectivity index (χ2n) is 1.47. The van der Waals surface area contributed by atoms with Gasteiger partial charge in [-0.05, 0) is 0 Å². The summed E-state index contributed by atoms with van der Waals surface area (Å²) in [4.78, 5) is 18.5. The molecule has 0 aromatic carbocycles. The van der Waals surface area contributed by atoms with Crippen LogP contribution in [0.3, 0.4) is 0 Å². The molecule has 0 rings (SSSR count). The molecule has 5 heteroatoms. The maximum absolute atomic E-state index is 10.3. The van der Waals surface area contributed by atoms with E-state index in [2.05, 4.69) is 4.74 Å². The van der Waals surface area contributed by atoms with Crippen LogP contribution >= 0.6 is 8.03 Å². The first-order valence-electron chi connectivity index (χ1n) is 2.45. The van der Waals surface area contributed by atoms with Gasteiger partial charge in [0.05, 0.1) is 13.5 Å². The molecule has 1 atom stereocenters. The van der Waals surface area contributed by atoms with E-state index in [0.717, 1.165) is 0 Å². The van der Waals surface area contributed by atoms with Gasteiger partial charge in [-0.15, -0.1) is 0 Å². The molecule has 0 spiro atoms. The lowest BCUT2D eigenvalue weighted by Crippen LogP contribution is -2.00. The third kappa shape index (κ3) is 5.53. The number of esters is 1. The van der Waals surface area contributed by atoms with Gasteiger partial charge in [-0.25, -0.2) is 0 Å². The monoisotopic (exact) mass is 152 g/mol. The highest BCUT2D eigenvalue weighted by molar-refractivity contribution is 7.38. The summed E-state index contributed by atoms with van der Waals surface area (Å²) in [6.45, 7) is 0. The van der Waals surface area contributed by atoms with E-state index >= 15 is 0 Å². The van der Waals surface area contributed by atoms with Crippen molar-refractivity contribution in [3.8, 4) is 0 Å². The Balaban J connectivity index is 3.28. The summed E-state index contributed by atoms with van der Waals surface area (Å²) >= 11 is 0. The summed E-state index contributed by atoms with van der Waals surface area (Å²) in [5, 5.41) is 0. The molecule has 0 aliphatic rings. The van der Waals surface area contributed by atoms with E-state index in [0.29, 0.717) is 0 Å². The van der Waals surface area contributed by atoms with Crippen molar-refractivity contribution in [1.29, 1.82) is 0 Å². The lowest BCUT2D eigenvalue weighted by molar-refractivity contribution is -0.140. The number of ether oxygens (including phenoxy) is 1. The number of hydrogen-bond acceptors (Lipinski definition) is 3. The van der Waals surface area contributed by atoms with Gasteiger partial charge in [0, 0.05) is 6.16 Å². The summed E-state index contributed by atoms with van der Waals surface area (Å²) in [6.07, 6.45) is 0.0577. The van der Waals surface area contributed by atoms with Crippen LogP contribution in [-0.4, -0.2) is 24.1 Å². The molecule has 0 bridgehead atoms. The third-order valence-electron chi connectivity index (χ3n) is 0.771. The molecule has 0 saturated heterocycles. The first-order chi connectivity index (χ1) is 4.16. The van der Waals surface area contributed by atoms with Crippen molar-refractivity contribution in [2.24, 2.45) is 0 Å². The fourth-order valence-electron chi connectivity index (χ4n) is 0.311. The zero-order valence-corrected chi connectivity index (χ0v) is 6.09. The predicted molar refractivity (Wildman–Crippen MR) is 32.7 cm³/mol. The van der Waals surface area contributed by atoms with Crippen LogP contribution in [0, 0.1) is 0 Å². The summed E-state index contributed by atoms with van der Waals surface area (Å²) in [5.74, 6) is -0.442. The van der Waals surface area contributed by atoms with Gasteiger partial charge in [-0.2, -0.15) is 0 Å². The Bertz CT molecular complexity index is 122. The standard InChI is InChI=1S/C4H9O4P/c1-8-4(5)2-3-9(6)7/h9H,2-3H2,1H3,(H,6,7). The molecule has 0 aliphatic carbocycles. The van der Waals surface area contributed by atoms with Gasteiger partial charge < -0.3 is 9.63 Å². The van der Waals surface area contributed by atoms with Gasteiger partial charge in [0.25, 0.3) is 0 Å². The minimum atomic E-state index is -2.49. The van der Waals surface area contributed by atoms with Crippen LogP contribution in [0.5, 0.6) is 0 Å². The highest BCUT2D eigenvalue weighted by Crippen LogP contribution is 2.13. The van der Waals surface area contributed by atoms with Crippen LogP contribution in [0.4, 0.5) is 0 Å². The number of methoxy groups -OCH3 is 1. The molecule has 0 amide bonds. The van der Waals surface area contributed by atoms with Gasteiger partial charge >= 0.3 is 5.97 Å². The van der Waals surface area contributed by atoms with Crippen molar-refractivity contribution in [1.82, 2.24) is 0 Å². The van der Waals surface area contributed by atoms with Crippen LogP contribution < -0.4 is 0 Å². The Hall–Kier alpha value is -0.340. The third-order valence-corrected chi connectivity index (χ3v) is 1.45. The Morgan fingerprint density at radius 1 is 1.78 bits per heavy atom. The fourth-order valence-corrected chi connectivity index (χ4v) is 0.729. The highest BCUT2D eigenvalue weighted by Gasteiger charge is 2.00. The molecule has 1 unspecified atom stereocenters. The first kappa shape index (κ1) is 8.66. The zero-order chi connectivity index (χ0) is 7.28. The summed E-state index contributed by atoms with van der Waals surface area (Å²) < 4.78 is 14.2. The van der Waals surface area contributed by atoms with E-state index in [1.165, 1.54) is 7.11 Å². The van der Waals surface area contributed by atoms with Gasteiger partial charge in [-0.3, -0.25) is 9.36 Å². The average Bonchev–Trinajstić information content (AvgIpc) is 1.83. The molecule has 0 saturated carbocycles. The minimum absolute atomic E-state index is 0.0251. The molecule has 54 valence electrons. The first-order valence-corrected chi connectivity index (χ1v) is 4.01. The van der Waals surface area contributed by atoms with Gasteiger partial charge in [0.1, 0.15) is 0 Å². The largest absolute Gasteiger partial charge is 0.469 e. The van der Waals surface area contributed by atoms with Crippen LogP contribution in [-0.2, 0) is 14.1 Å². The Morgan fingerprint density at radius 3 is 2.67 bits per heavy atom. The van der Waals surface area contributed by atoms with Crippen LogP contribution in [0.25, 0.3) is 0 Å². The van der Waals surface area contributed by atoms with Crippen LogP contribution in [0.1, 0.15) is 6.42 Å². The summed E-state index contributed by atoms with van der Waals surface area (Å²) in [7, 11) is -1.24. The molecule has 9 heavy (non-hydrogen) atoms. The summed E-state index contributed by atoms with van der Waals surface area (Å²) in [5.41, 5.74) is 0. The molecule has 0 heterocycles. The normalized spacial score (nSPS) is 12.7. The second-order valence-corrected chi connectivity index (χ2v) is 2.76. The molecule has 1 N–H and O–H groups in total. The van der Waals surface area contributed by atoms with Gasteiger partial charge in [0.2, 0.25) is 0 Å². The van der Waals surface area contributed by atoms with Crippen molar-refractivity contribution in [3.05, 3.63) is 0 Å². The topological polar surface area (TPSA) is 63.6 Å². The van der Waals surface area contributed by atoms with Gasteiger partial charge in [0.15, 0.2) is 8.03 Å². The molecule has 0 aliphatic heterocycles. The second kappa shape index (κ2) is 4.53. The molecule has 0 aromatic rings. The average molecular weight is 152 g/mol. The molecule has 4 nitrogen and oxygen atoms in total. The van der Waals surface area contributed by atoms with Crippen molar-refractivity contribution in [2.45, 2.75) is 6.42 Å². The number of hydrogen-bond donors (Lipinski definition) is 1. The predicted octanol–water partition coefficient (Wildman–Crippen LogP) is 0.0165. The van der Waals surface area contributed by atoms with E-state index < -0.39 is 14.0 Å². The van der Waals surface area contributed by atoms with E-state index in [-0.39, 0.29) is 12.6 Å². The quantitative estimate of drug-likeness (QED) is 0.457. The summed E-state index contributed by atoms with van der Waals surface area (Å²) in [6, 6.07) is 0. The molecule has 0 aromatic heterocycles. The van der Waals surface area contributed by atoms with Crippen molar-refractivity contribution in [2.75, 3.05) is 13.3 Å². The molecule has 0 radical (unpaired) electrons. The maximum Gasteiger partial charge on any atom is 0.306 e. The lowest BCUT2D eigenvalue weighted by Gasteiger charge is -1.93. The molecule has 0 fully saturated rings. The van der Waals surface area contributed by atoms with Crippen molar-refractivity contribution < 1.29 is 19.0 Å². The number of rotatable bonds is 3. The van der Waals surface area contributed by atoms with Crippen LogP contribution in [0.2, 0.25) is 0 Å². The SMILES string of the molecule is COC(=O)CC[PH](=O)O. The van der Waals surface area contributed by atoms with E-state index in [4.69, 9.17) is 4.89 Å². The van der Waals surface area contributed by atoms with E-state index in [1.807, 2.05) is 0 Å². The fraction of sp³-hybridized carbons (Fsp3) is 0.750. The highest BCUT2D eigenvalue weighted by atomic mass is 31.1. The lowest BCUT2D eigenvalue weighted by atomic mass is 10.5. The maximum atomic E-state index is 10.3. The molecular formula is C4H9O4P. The van der Waals surface area contributed by atoms with Crippen LogP contribution in [0.15, 0.2) is 0 Å². The Kier molecular flexibility index (Phi) is 4.36. The van der Waals surface area contributed by atoms with E-state index in [9.17, 15) is 9.36 Å². The number of carbonyl (C=O) groups excluding carboxylic acids is 1. The Labute approximate surface area is 53.7 Å². The van der Waals surface area contributed by atoms with E-state index in [1.54, 1.807) is 0 Å². The smallest absolute Gasteiger partial charge is 0.306 e. The minimum Gasteiger partial charge on any atom is -0.469 e.